The first kappa shape index (κ1) is 21.6. The van der Waals surface area contributed by atoms with Gasteiger partial charge in [0, 0.05) is 21.3 Å². The minimum absolute atomic E-state index is 0.149. The Morgan fingerprint density at radius 1 is 0.970 bits per heavy atom. The van der Waals surface area contributed by atoms with Crippen molar-refractivity contribution in [1.29, 1.82) is 0 Å². The number of anilines is 1. The van der Waals surface area contributed by atoms with E-state index in [1.165, 1.54) is 16.7 Å². The molecular formula is C27H26BrN3O2. The van der Waals surface area contributed by atoms with Gasteiger partial charge in [-0.15, -0.1) is 0 Å². The smallest absolute Gasteiger partial charge is 0.162 e. The third kappa shape index (κ3) is 4.11. The van der Waals surface area contributed by atoms with E-state index in [2.05, 4.69) is 64.0 Å². The van der Waals surface area contributed by atoms with E-state index in [1.807, 2.05) is 43.3 Å². The van der Waals surface area contributed by atoms with Gasteiger partial charge >= 0.3 is 0 Å². The van der Waals surface area contributed by atoms with Crippen molar-refractivity contribution >= 4 is 21.6 Å². The minimum Gasteiger partial charge on any atom is -0.493 e. The van der Waals surface area contributed by atoms with Gasteiger partial charge in [-0.1, -0.05) is 45.8 Å². The van der Waals surface area contributed by atoms with Crippen molar-refractivity contribution in [3.8, 4) is 22.8 Å². The lowest BCUT2D eigenvalue weighted by molar-refractivity contribution is 0.284. The van der Waals surface area contributed by atoms with Crippen molar-refractivity contribution < 1.29 is 9.47 Å². The van der Waals surface area contributed by atoms with Gasteiger partial charge in [-0.2, -0.15) is 5.10 Å². The van der Waals surface area contributed by atoms with Gasteiger partial charge in [-0.3, -0.25) is 0 Å². The summed E-state index contributed by atoms with van der Waals surface area (Å²) in [4.78, 5) is 0. The SMILES string of the molecule is COc1ccc(C2Nc3c(C)cc(C)cc3-c3cc(C)nn32)cc1OCc1ccc(Br)cc1. The lowest BCUT2D eigenvalue weighted by atomic mass is 9.98. The molecule has 1 aliphatic rings. The molecule has 0 radical (unpaired) electrons. The second-order valence-electron chi connectivity index (χ2n) is 8.49. The molecule has 3 aromatic carbocycles. The number of hydrogen-bond acceptors (Lipinski definition) is 4. The topological polar surface area (TPSA) is 48.3 Å². The highest BCUT2D eigenvalue weighted by molar-refractivity contribution is 9.10. The maximum absolute atomic E-state index is 6.19. The molecule has 5 rings (SSSR count). The summed E-state index contributed by atoms with van der Waals surface area (Å²) in [6.45, 7) is 6.77. The summed E-state index contributed by atoms with van der Waals surface area (Å²) < 4.78 is 14.9. The molecule has 0 bridgehead atoms. The van der Waals surface area contributed by atoms with Crippen LogP contribution in [0.4, 0.5) is 5.69 Å². The quantitative estimate of drug-likeness (QED) is 0.325. The first-order valence-electron chi connectivity index (χ1n) is 10.9. The highest BCUT2D eigenvalue weighted by Gasteiger charge is 2.28. The first-order chi connectivity index (χ1) is 15.9. The van der Waals surface area contributed by atoms with E-state index in [1.54, 1.807) is 7.11 Å². The van der Waals surface area contributed by atoms with Crippen LogP contribution in [0.25, 0.3) is 11.3 Å². The maximum atomic E-state index is 6.19. The average molecular weight is 504 g/mol. The number of aromatic nitrogens is 2. The Bertz CT molecular complexity index is 1330. The van der Waals surface area contributed by atoms with Gasteiger partial charge in [0.25, 0.3) is 0 Å². The van der Waals surface area contributed by atoms with Gasteiger partial charge in [-0.05, 0) is 68.3 Å². The van der Waals surface area contributed by atoms with E-state index in [0.717, 1.165) is 32.7 Å². The third-order valence-corrected chi connectivity index (χ3v) is 6.48. The molecule has 0 amide bonds. The highest BCUT2D eigenvalue weighted by Crippen LogP contribution is 2.42. The summed E-state index contributed by atoms with van der Waals surface area (Å²) in [5, 5.41) is 8.54. The molecule has 33 heavy (non-hydrogen) atoms. The number of rotatable bonds is 5. The van der Waals surface area contributed by atoms with Crippen LogP contribution in [0.1, 0.15) is 34.1 Å². The molecule has 0 saturated carbocycles. The maximum Gasteiger partial charge on any atom is 0.162 e. The Labute approximate surface area is 202 Å². The molecule has 0 saturated heterocycles. The summed E-state index contributed by atoms with van der Waals surface area (Å²) >= 11 is 3.48. The van der Waals surface area contributed by atoms with Crippen molar-refractivity contribution in [3.05, 3.63) is 93.1 Å². The van der Waals surface area contributed by atoms with E-state index in [0.29, 0.717) is 18.1 Å². The lowest BCUT2D eigenvalue weighted by Gasteiger charge is -2.31. The zero-order valence-electron chi connectivity index (χ0n) is 19.1. The number of nitrogens with zero attached hydrogens (tertiary/aromatic N) is 2. The molecule has 1 N–H and O–H groups in total. The van der Waals surface area contributed by atoms with Gasteiger partial charge in [0.15, 0.2) is 11.5 Å². The monoisotopic (exact) mass is 503 g/mol. The fourth-order valence-electron chi connectivity index (χ4n) is 4.42. The van der Waals surface area contributed by atoms with Gasteiger partial charge in [-0.25, -0.2) is 4.68 Å². The second kappa shape index (κ2) is 8.60. The summed E-state index contributed by atoms with van der Waals surface area (Å²) in [6, 6.07) is 20.8. The van der Waals surface area contributed by atoms with Crippen LogP contribution < -0.4 is 14.8 Å². The molecule has 1 atom stereocenters. The van der Waals surface area contributed by atoms with E-state index >= 15 is 0 Å². The standard InChI is InChI=1S/C27H26BrN3O2/c1-16-11-17(2)26-22(12-16)23-13-18(3)30-31(23)27(29-26)20-7-10-24(32-4)25(14-20)33-15-19-5-8-21(28)9-6-19/h5-14,27,29H,15H2,1-4H3. The Morgan fingerprint density at radius 3 is 2.52 bits per heavy atom. The number of aryl methyl sites for hydroxylation is 3. The molecule has 0 aliphatic carbocycles. The number of fused-ring (bicyclic) bond motifs is 3. The number of methoxy groups -OCH3 is 1. The lowest BCUT2D eigenvalue weighted by Crippen LogP contribution is -2.26. The fourth-order valence-corrected chi connectivity index (χ4v) is 4.68. The average Bonchev–Trinajstić information content (AvgIpc) is 3.20. The Morgan fingerprint density at radius 2 is 1.76 bits per heavy atom. The van der Waals surface area contributed by atoms with Crippen LogP contribution in [-0.4, -0.2) is 16.9 Å². The minimum atomic E-state index is -0.149. The van der Waals surface area contributed by atoms with E-state index in [4.69, 9.17) is 14.6 Å². The Balaban J connectivity index is 1.52. The summed E-state index contributed by atoms with van der Waals surface area (Å²) in [7, 11) is 1.66. The number of ether oxygens (including phenoxy) is 2. The van der Waals surface area contributed by atoms with Crippen molar-refractivity contribution in [3.63, 3.8) is 0 Å². The second-order valence-corrected chi connectivity index (χ2v) is 9.41. The van der Waals surface area contributed by atoms with Crippen molar-refractivity contribution in [2.75, 3.05) is 12.4 Å². The molecule has 1 aromatic heterocycles. The molecule has 2 heterocycles. The van der Waals surface area contributed by atoms with Crippen LogP contribution >= 0.6 is 15.9 Å². The van der Waals surface area contributed by atoms with Gasteiger partial charge < -0.3 is 14.8 Å². The van der Waals surface area contributed by atoms with Crippen LogP contribution in [0, 0.1) is 20.8 Å². The normalized spacial score (nSPS) is 14.3. The molecule has 168 valence electrons. The Kier molecular flexibility index (Phi) is 5.62. The van der Waals surface area contributed by atoms with Crippen molar-refractivity contribution in [1.82, 2.24) is 9.78 Å². The molecule has 6 heteroatoms. The molecular weight excluding hydrogens is 478 g/mol. The fraction of sp³-hybridized carbons (Fsp3) is 0.222. The number of nitrogens with one attached hydrogen (secondary N) is 1. The van der Waals surface area contributed by atoms with Crippen LogP contribution in [-0.2, 0) is 6.61 Å². The summed E-state index contributed by atoms with van der Waals surface area (Å²) in [5.41, 5.74) is 9.04. The predicted molar refractivity (Wildman–Crippen MR) is 135 cm³/mol. The first-order valence-corrected chi connectivity index (χ1v) is 11.7. The zero-order chi connectivity index (χ0) is 23.1. The highest BCUT2D eigenvalue weighted by atomic mass is 79.9. The van der Waals surface area contributed by atoms with Gasteiger partial charge in [0.05, 0.1) is 18.5 Å². The van der Waals surface area contributed by atoms with Gasteiger partial charge in [0.1, 0.15) is 12.8 Å². The zero-order valence-corrected chi connectivity index (χ0v) is 20.7. The third-order valence-electron chi connectivity index (χ3n) is 5.95. The van der Waals surface area contributed by atoms with E-state index in [-0.39, 0.29) is 6.17 Å². The molecule has 5 nitrogen and oxygen atoms in total. The van der Waals surface area contributed by atoms with Crippen LogP contribution in [0.15, 0.2) is 65.1 Å². The molecule has 0 spiro atoms. The van der Waals surface area contributed by atoms with E-state index in [9.17, 15) is 0 Å². The van der Waals surface area contributed by atoms with Crippen LogP contribution in [0.2, 0.25) is 0 Å². The molecule has 4 aromatic rings. The van der Waals surface area contributed by atoms with Crippen LogP contribution in [0.3, 0.4) is 0 Å². The molecule has 1 unspecified atom stereocenters. The number of halogens is 1. The predicted octanol–water partition coefficient (Wildman–Crippen LogP) is 6.80. The van der Waals surface area contributed by atoms with Crippen molar-refractivity contribution in [2.45, 2.75) is 33.5 Å². The van der Waals surface area contributed by atoms with Crippen molar-refractivity contribution in [2.24, 2.45) is 0 Å². The Hall–Kier alpha value is -3.25. The molecule has 1 aliphatic heterocycles. The summed E-state index contributed by atoms with van der Waals surface area (Å²) in [6.07, 6.45) is -0.149. The van der Waals surface area contributed by atoms with Gasteiger partial charge in [0.2, 0.25) is 0 Å². The largest absolute Gasteiger partial charge is 0.493 e. The van der Waals surface area contributed by atoms with Crippen LogP contribution in [0.5, 0.6) is 11.5 Å². The van der Waals surface area contributed by atoms with E-state index < -0.39 is 0 Å². The molecule has 0 fully saturated rings. The number of hydrogen-bond donors (Lipinski definition) is 1. The number of benzene rings is 3. The summed E-state index contributed by atoms with van der Waals surface area (Å²) in [5.74, 6) is 1.41.